The van der Waals surface area contributed by atoms with Gasteiger partial charge in [-0.05, 0) is 30.7 Å². The number of carbonyl (C=O) groups is 2. The third-order valence-corrected chi connectivity index (χ3v) is 3.71. The summed E-state index contributed by atoms with van der Waals surface area (Å²) in [5.74, 6) is -3.36. The zero-order valence-electron chi connectivity index (χ0n) is 13.8. The molecule has 0 bridgehead atoms. The Labute approximate surface area is 147 Å². The summed E-state index contributed by atoms with van der Waals surface area (Å²) in [6, 6.07) is 8.56. The summed E-state index contributed by atoms with van der Waals surface area (Å²) in [5.41, 5.74) is 2.44. The molecule has 5 nitrogen and oxygen atoms in total. The highest BCUT2D eigenvalue weighted by Crippen LogP contribution is 2.23. The van der Waals surface area contributed by atoms with Crippen LogP contribution < -0.4 is 5.32 Å². The van der Waals surface area contributed by atoms with Gasteiger partial charge in [-0.1, -0.05) is 12.1 Å². The minimum atomic E-state index is -1.08. The third kappa shape index (κ3) is 4.05. The van der Waals surface area contributed by atoms with Crippen LogP contribution in [0, 0.1) is 18.6 Å². The Hall–Kier alpha value is -3.22. The molecule has 134 valence electrons. The first kappa shape index (κ1) is 17.6. The maximum Gasteiger partial charge on any atom is 0.310 e. The minimum absolute atomic E-state index is 0.0471. The summed E-state index contributed by atoms with van der Waals surface area (Å²) in [6.45, 7) is 1.40. The number of furan rings is 1. The Bertz CT molecular complexity index is 981. The Morgan fingerprint density at radius 3 is 2.69 bits per heavy atom. The summed E-state index contributed by atoms with van der Waals surface area (Å²) in [7, 11) is 0. The van der Waals surface area contributed by atoms with Gasteiger partial charge in [0.25, 0.3) is 5.91 Å². The van der Waals surface area contributed by atoms with Gasteiger partial charge in [-0.15, -0.1) is 0 Å². The molecule has 0 aliphatic carbocycles. The molecule has 3 rings (SSSR count). The zero-order chi connectivity index (χ0) is 18.7. The van der Waals surface area contributed by atoms with Crippen molar-refractivity contribution in [2.75, 3.05) is 11.9 Å². The number of aryl methyl sites for hydroxylation is 1. The van der Waals surface area contributed by atoms with Crippen molar-refractivity contribution in [3.05, 3.63) is 65.4 Å². The molecule has 0 aliphatic heterocycles. The number of anilines is 1. The second kappa shape index (κ2) is 7.35. The van der Waals surface area contributed by atoms with Crippen molar-refractivity contribution < 1.29 is 27.5 Å². The van der Waals surface area contributed by atoms with Crippen molar-refractivity contribution in [1.29, 1.82) is 0 Å². The summed E-state index contributed by atoms with van der Waals surface area (Å²) >= 11 is 0. The number of hydrogen-bond acceptors (Lipinski definition) is 4. The average molecular weight is 359 g/mol. The fourth-order valence-electron chi connectivity index (χ4n) is 2.45. The molecular formula is C19H15F2NO4. The first-order valence-electron chi connectivity index (χ1n) is 7.79. The van der Waals surface area contributed by atoms with Crippen molar-refractivity contribution in [2.45, 2.75) is 13.3 Å². The predicted molar refractivity (Wildman–Crippen MR) is 90.6 cm³/mol. The van der Waals surface area contributed by atoms with Gasteiger partial charge in [-0.2, -0.15) is 0 Å². The number of rotatable bonds is 5. The molecular weight excluding hydrogens is 344 g/mol. The molecule has 1 heterocycles. The molecule has 0 spiro atoms. The number of benzene rings is 2. The second-order valence-corrected chi connectivity index (χ2v) is 5.78. The topological polar surface area (TPSA) is 68.5 Å². The van der Waals surface area contributed by atoms with Gasteiger partial charge in [0, 0.05) is 22.7 Å². The summed E-state index contributed by atoms with van der Waals surface area (Å²) < 4.78 is 36.2. The standard InChI is InChI=1S/C19H15F2NO4/c1-11-2-4-14-12(9-25-17(14)6-11)7-19(24)26-10-18(23)22-13-3-5-15(20)16(21)8-13/h2-6,8-9H,7,10H2,1H3,(H,22,23). The zero-order valence-corrected chi connectivity index (χ0v) is 13.8. The number of ether oxygens (including phenoxy) is 1. The maximum absolute atomic E-state index is 13.1. The summed E-state index contributed by atoms with van der Waals surface area (Å²) in [6.07, 6.45) is 1.43. The van der Waals surface area contributed by atoms with E-state index in [0.29, 0.717) is 11.1 Å². The van der Waals surface area contributed by atoms with Crippen LogP contribution in [0.3, 0.4) is 0 Å². The van der Waals surface area contributed by atoms with Gasteiger partial charge >= 0.3 is 5.97 Å². The summed E-state index contributed by atoms with van der Waals surface area (Å²) in [5, 5.41) is 3.12. The molecule has 0 aliphatic rings. The van der Waals surface area contributed by atoms with Crippen molar-refractivity contribution in [3.8, 4) is 0 Å². The van der Waals surface area contributed by atoms with Crippen molar-refractivity contribution in [1.82, 2.24) is 0 Å². The van der Waals surface area contributed by atoms with Crippen LogP contribution in [-0.2, 0) is 20.7 Å². The number of fused-ring (bicyclic) bond motifs is 1. The van der Waals surface area contributed by atoms with E-state index in [4.69, 9.17) is 9.15 Å². The molecule has 1 amide bonds. The molecule has 0 radical (unpaired) electrons. The minimum Gasteiger partial charge on any atom is -0.464 e. The van der Waals surface area contributed by atoms with Gasteiger partial charge in [0.2, 0.25) is 0 Å². The van der Waals surface area contributed by atoms with Crippen LogP contribution in [0.1, 0.15) is 11.1 Å². The van der Waals surface area contributed by atoms with E-state index in [9.17, 15) is 18.4 Å². The molecule has 0 saturated heterocycles. The van der Waals surface area contributed by atoms with E-state index >= 15 is 0 Å². The Morgan fingerprint density at radius 1 is 1.12 bits per heavy atom. The van der Waals surface area contributed by atoms with Crippen LogP contribution in [-0.4, -0.2) is 18.5 Å². The number of amides is 1. The highest BCUT2D eigenvalue weighted by molar-refractivity contribution is 5.93. The van der Waals surface area contributed by atoms with E-state index in [1.165, 1.54) is 12.3 Å². The lowest BCUT2D eigenvalue weighted by Gasteiger charge is -2.06. The molecule has 0 saturated carbocycles. The van der Waals surface area contributed by atoms with Crippen LogP contribution in [0.25, 0.3) is 11.0 Å². The fourth-order valence-corrected chi connectivity index (χ4v) is 2.45. The number of hydrogen-bond donors (Lipinski definition) is 1. The Balaban J connectivity index is 1.54. The van der Waals surface area contributed by atoms with Gasteiger partial charge in [-0.3, -0.25) is 9.59 Å². The molecule has 7 heteroatoms. The highest BCUT2D eigenvalue weighted by Gasteiger charge is 2.13. The van der Waals surface area contributed by atoms with Crippen molar-refractivity contribution >= 4 is 28.5 Å². The molecule has 2 aromatic carbocycles. The van der Waals surface area contributed by atoms with Crippen molar-refractivity contribution in [2.24, 2.45) is 0 Å². The van der Waals surface area contributed by atoms with Crippen LogP contribution in [0.4, 0.5) is 14.5 Å². The van der Waals surface area contributed by atoms with E-state index in [0.717, 1.165) is 23.1 Å². The molecule has 1 N–H and O–H groups in total. The first-order valence-corrected chi connectivity index (χ1v) is 7.79. The smallest absolute Gasteiger partial charge is 0.310 e. The van der Waals surface area contributed by atoms with E-state index in [1.54, 1.807) is 0 Å². The molecule has 0 unspecified atom stereocenters. The van der Waals surface area contributed by atoms with Crippen LogP contribution in [0.2, 0.25) is 0 Å². The lowest BCUT2D eigenvalue weighted by Crippen LogP contribution is -2.21. The van der Waals surface area contributed by atoms with Crippen molar-refractivity contribution in [3.63, 3.8) is 0 Å². The van der Waals surface area contributed by atoms with E-state index < -0.39 is 30.1 Å². The SMILES string of the molecule is Cc1ccc2c(CC(=O)OCC(=O)Nc3ccc(F)c(F)c3)coc2c1. The second-order valence-electron chi connectivity index (χ2n) is 5.78. The summed E-state index contributed by atoms with van der Waals surface area (Å²) in [4.78, 5) is 23.7. The lowest BCUT2D eigenvalue weighted by molar-refractivity contribution is -0.146. The predicted octanol–water partition coefficient (Wildman–Crippen LogP) is 3.74. The normalized spacial score (nSPS) is 10.7. The fraction of sp³-hybridized carbons (Fsp3) is 0.158. The first-order chi connectivity index (χ1) is 12.4. The van der Waals surface area contributed by atoms with E-state index in [2.05, 4.69) is 5.32 Å². The average Bonchev–Trinajstić information content (AvgIpc) is 2.98. The van der Waals surface area contributed by atoms with Gasteiger partial charge < -0.3 is 14.5 Å². The quantitative estimate of drug-likeness (QED) is 0.705. The highest BCUT2D eigenvalue weighted by atomic mass is 19.2. The molecule has 0 atom stereocenters. The Morgan fingerprint density at radius 2 is 1.92 bits per heavy atom. The van der Waals surface area contributed by atoms with Crippen LogP contribution in [0.5, 0.6) is 0 Å². The monoisotopic (exact) mass is 359 g/mol. The number of halogens is 2. The number of carbonyl (C=O) groups excluding carboxylic acids is 2. The molecule has 3 aromatic rings. The Kier molecular flexibility index (Phi) is 4.97. The van der Waals surface area contributed by atoms with Gasteiger partial charge in [0.05, 0.1) is 12.7 Å². The van der Waals surface area contributed by atoms with Crippen LogP contribution >= 0.6 is 0 Å². The van der Waals surface area contributed by atoms with E-state index in [-0.39, 0.29) is 12.1 Å². The van der Waals surface area contributed by atoms with Gasteiger partial charge in [0.1, 0.15) is 5.58 Å². The van der Waals surface area contributed by atoms with Crippen LogP contribution in [0.15, 0.2) is 47.1 Å². The molecule has 0 fully saturated rings. The molecule has 26 heavy (non-hydrogen) atoms. The van der Waals surface area contributed by atoms with Gasteiger partial charge in [0.15, 0.2) is 18.2 Å². The maximum atomic E-state index is 13.1. The molecule has 1 aromatic heterocycles. The number of esters is 1. The van der Waals surface area contributed by atoms with E-state index in [1.807, 2.05) is 25.1 Å². The third-order valence-electron chi connectivity index (χ3n) is 3.71. The number of nitrogens with one attached hydrogen (secondary N) is 1. The van der Waals surface area contributed by atoms with Gasteiger partial charge in [-0.25, -0.2) is 8.78 Å². The lowest BCUT2D eigenvalue weighted by atomic mass is 10.1. The largest absolute Gasteiger partial charge is 0.464 e.